The van der Waals surface area contributed by atoms with Crippen molar-refractivity contribution >= 4 is 11.6 Å². The fourth-order valence-electron chi connectivity index (χ4n) is 4.69. The van der Waals surface area contributed by atoms with E-state index >= 15 is 0 Å². The number of amides is 1. The smallest absolute Gasteiger partial charge is 0.253 e. The summed E-state index contributed by atoms with van der Waals surface area (Å²) in [5.41, 5.74) is 3.33. The number of nitrogens with one attached hydrogen (secondary N) is 1. The fourth-order valence-corrected chi connectivity index (χ4v) is 4.69. The van der Waals surface area contributed by atoms with Crippen molar-refractivity contribution in [2.75, 3.05) is 25.5 Å². The normalized spacial score (nSPS) is 29.3. The van der Waals surface area contributed by atoms with E-state index in [1.807, 2.05) is 18.0 Å². The van der Waals surface area contributed by atoms with Crippen LogP contribution >= 0.6 is 0 Å². The van der Waals surface area contributed by atoms with Gasteiger partial charge in [0, 0.05) is 31.4 Å². The van der Waals surface area contributed by atoms with E-state index in [1.165, 1.54) is 36.9 Å². The van der Waals surface area contributed by atoms with Crippen molar-refractivity contribution in [2.45, 2.75) is 32.1 Å². The summed E-state index contributed by atoms with van der Waals surface area (Å²) in [4.78, 5) is 14.6. The van der Waals surface area contributed by atoms with Gasteiger partial charge in [-0.25, -0.2) is 0 Å². The molecule has 1 heterocycles. The molecule has 0 aromatic heterocycles. The van der Waals surface area contributed by atoms with Gasteiger partial charge in [0.1, 0.15) is 0 Å². The minimum Gasteiger partial charge on any atom is -0.384 e. The maximum absolute atomic E-state index is 12.6. The molecule has 1 N–H and O–H groups in total. The first-order valence-electron chi connectivity index (χ1n) is 8.33. The second-order valence-electron chi connectivity index (χ2n) is 7.17. The Hall–Kier alpha value is -1.51. The Morgan fingerprint density at radius 1 is 1.33 bits per heavy atom. The van der Waals surface area contributed by atoms with E-state index in [2.05, 4.69) is 17.4 Å². The second kappa shape index (κ2) is 5.04. The lowest BCUT2D eigenvalue weighted by atomic mass is 9.88. The minimum atomic E-state index is 0.187. The standard InChI is InChI=1S/C18H24N2O/c1-20(11-16-9-12-2-3-13(16)8-12)18(21)15-4-5-17-14(10-15)6-7-19-17/h4-5,10,12-13,16,19H,2-3,6-9,11H2,1H3. The van der Waals surface area contributed by atoms with E-state index in [9.17, 15) is 4.79 Å². The summed E-state index contributed by atoms with van der Waals surface area (Å²) < 4.78 is 0. The SMILES string of the molecule is CN(CC1CC2CCC1C2)C(=O)c1ccc2c(c1)CCN2. The van der Waals surface area contributed by atoms with Gasteiger partial charge >= 0.3 is 0 Å². The fraction of sp³-hybridized carbons (Fsp3) is 0.611. The highest BCUT2D eigenvalue weighted by atomic mass is 16.2. The van der Waals surface area contributed by atoms with Crippen LogP contribution in [-0.4, -0.2) is 30.9 Å². The highest BCUT2D eigenvalue weighted by Crippen LogP contribution is 2.48. The molecule has 1 aliphatic heterocycles. The largest absolute Gasteiger partial charge is 0.384 e. The van der Waals surface area contributed by atoms with E-state index in [0.717, 1.165) is 42.8 Å². The Morgan fingerprint density at radius 3 is 3.00 bits per heavy atom. The lowest BCUT2D eigenvalue weighted by Crippen LogP contribution is -2.33. The van der Waals surface area contributed by atoms with Crippen molar-refractivity contribution in [3.63, 3.8) is 0 Å². The number of rotatable bonds is 3. The van der Waals surface area contributed by atoms with E-state index in [0.29, 0.717) is 0 Å². The van der Waals surface area contributed by atoms with Gasteiger partial charge in [0.2, 0.25) is 0 Å². The van der Waals surface area contributed by atoms with Crippen LogP contribution in [0.2, 0.25) is 0 Å². The molecule has 1 aromatic carbocycles. The van der Waals surface area contributed by atoms with E-state index in [1.54, 1.807) is 0 Å². The van der Waals surface area contributed by atoms with Gasteiger partial charge in [0.25, 0.3) is 5.91 Å². The monoisotopic (exact) mass is 284 g/mol. The van der Waals surface area contributed by atoms with E-state index in [-0.39, 0.29) is 5.91 Å². The molecule has 0 saturated heterocycles. The third-order valence-corrected chi connectivity index (χ3v) is 5.80. The minimum absolute atomic E-state index is 0.187. The maximum atomic E-state index is 12.6. The van der Waals surface area contributed by atoms with Gasteiger partial charge in [0.05, 0.1) is 0 Å². The third-order valence-electron chi connectivity index (χ3n) is 5.80. The highest BCUT2D eigenvalue weighted by molar-refractivity contribution is 5.95. The first kappa shape index (κ1) is 13.2. The van der Waals surface area contributed by atoms with Crippen molar-refractivity contribution in [1.82, 2.24) is 4.90 Å². The number of carbonyl (C=O) groups is 1. The molecule has 2 fully saturated rings. The molecule has 4 rings (SSSR count). The van der Waals surface area contributed by atoms with Crippen LogP contribution in [0.3, 0.4) is 0 Å². The average molecular weight is 284 g/mol. The summed E-state index contributed by atoms with van der Waals surface area (Å²) in [5, 5.41) is 3.35. The first-order valence-corrected chi connectivity index (χ1v) is 8.33. The predicted octanol–water partition coefficient (Wildman–Crippen LogP) is 3.16. The molecule has 3 nitrogen and oxygen atoms in total. The van der Waals surface area contributed by atoms with Gasteiger partial charge in [-0.2, -0.15) is 0 Å². The topological polar surface area (TPSA) is 32.3 Å². The molecule has 3 unspecified atom stereocenters. The number of anilines is 1. The predicted molar refractivity (Wildman–Crippen MR) is 84.5 cm³/mol. The summed E-state index contributed by atoms with van der Waals surface area (Å²) in [6.07, 6.45) is 6.61. The molecule has 112 valence electrons. The lowest BCUT2D eigenvalue weighted by Gasteiger charge is -2.27. The Morgan fingerprint density at radius 2 is 2.24 bits per heavy atom. The molecule has 2 saturated carbocycles. The summed E-state index contributed by atoms with van der Waals surface area (Å²) in [6.45, 7) is 1.93. The Labute approximate surface area is 126 Å². The van der Waals surface area contributed by atoms with Crippen molar-refractivity contribution in [1.29, 1.82) is 0 Å². The molecule has 3 aliphatic rings. The molecule has 2 bridgehead atoms. The molecular formula is C18H24N2O. The number of hydrogen-bond acceptors (Lipinski definition) is 2. The van der Waals surface area contributed by atoms with E-state index in [4.69, 9.17) is 0 Å². The zero-order chi connectivity index (χ0) is 14.4. The van der Waals surface area contributed by atoms with Crippen molar-refractivity contribution < 1.29 is 4.79 Å². The lowest BCUT2D eigenvalue weighted by molar-refractivity contribution is 0.0754. The quantitative estimate of drug-likeness (QED) is 0.924. The molecule has 3 atom stereocenters. The Kier molecular flexibility index (Phi) is 3.16. The summed E-state index contributed by atoms with van der Waals surface area (Å²) >= 11 is 0. The van der Waals surface area contributed by atoms with Crippen molar-refractivity contribution in [3.8, 4) is 0 Å². The molecule has 1 aromatic rings. The molecule has 3 heteroatoms. The highest BCUT2D eigenvalue weighted by Gasteiger charge is 2.40. The third kappa shape index (κ3) is 2.33. The van der Waals surface area contributed by atoms with Crippen LogP contribution in [0, 0.1) is 17.8 Å². The van der Waals surface area contributed by atoms with Crippen LogP contribution in [0.15, 0.2) is 18.2 Å². The van der Waals surface area contributed by atoms with Gasteiger partial charge in [-0.15, -0.1) is 0 Å². The van der Waals surface area contributed by atoms with Gasteiger partial charge in [-0.1, -0.05) is 6.42 Å². The maximum Gasteiger partial charge on any atom is 0.253 e. The van der Waals surface area contributed by atoms with Crippen molar-refractivity contribution in [2.24, 2.45) is 17.8 Å². The van der Waals surface area contributed by atoms with Crippen LogP contribution < -0.4 is 5.32 Å². The molecule has 2 aliphatic carbocycles. The van der Waals surface area contributed by atoms with Gasteiger partial charge in [-0.05, 0) is 67.2 Å². The first-order chi connectivity index (χ1) is 10.2. The summed E-state index contributed by atoms with van der Waals surface area (Å²) in [6, 6.07) is 6.10. The van der Waals surface area contributed by atoms with Crippen LogP contribution in [-0.2, 0) is 6.42 Å². The number of benzene rings is 1. The van der Waals surface area contributed by atoms with Crippen LogP contribution in [0.5, 0.6) is 0 Å². The zero-order valence-electron chi connectivity index (χ0n) is 12.8. The summed E-state index contributed by atoms with van der Waals surface area (Å²) in [5.74, 6) is 2.77. The number of carbonyl (C=O) groups excluding carboxylic acids is 1. The molecular weight excluding hydrogens is 260 g/mol. The molecule has 1 amide bonds. The Balaban J connectivity index is 1.44. The molecule has 0 spiro atoms. The Bertz CT molecular complexity index is 568. The molecule has 0 radical (unpaired) electrons. The van der Waals surface area contributed by atoms with Crippen molar-refractivity contribution in [3.05, 3.63) is 29.3 Å². The van der Waals surface area contributed by atoms with E-state index < -0.39 is 0 Å². The van der Waals surface area contributed by atoms with Crippen LogP contribution in [0.1, 0.15) is 41.6 Å². The number of nitrogens with zero attached hydrogens (tertiary/aromatic N) is 1. The van der Waals surface area contributed by atoms with Gasteiger partial charge in [-0.3, -0.25) is 4.79 Å². The zero-order valence-corrected chi connectivity index (χ0v) is 12.8. The van der Waals surface area contributed by atoms with Crippen LogP contribution in [0.4, 0.5) is 5.69 Å². The number of fused-ring (bicyclic) bond motifs is 3. The molecule has 21 heavy (non-hydrogen) atoms. The second-order valence-corrected chi connectivity index (χ2v) is 7.17. The average Bonchev–Trinajstić information content (AvgIpc) is 3.21. The summed E-state index contributed by atoms with van der Waals surface area (Å²) in [7, 11) is 1.97. The van der Waals surface area contributed by atoms with Gasteiger partial charge < -0.3 is 10.2 Å². The number of hydrogen-bond donors (Lipinski definition) is 1. The van der Waals surface area contributed by atoms with Gasteiger partial charge in [0.15, 0.2) is 0 Å². The van der Waals surface area contributed by atoms with Crippen LogP contribution in [0.25, 0.3) is 0 Å².